The Labute approximate surface area is 408 Å². The highest BCUT2D eigenvalue weighted by molar-refractivity contribution is 6.09. The number of hydrogen-bond donors (Lipinski definition) is 0. The number of hydrogen-bond acceptors (Lipinski definition) is 3. The lowest BCUT2D eigenvalue weighted by Gasteiger charge is -2.14. The van der Waals surface area contributed by atoms with E-state index in [1.54, 1.807) is 6.07 Å². The van der Waals surface area contributed by atoms with Gasteiger partial charge in [0.25, 0.3) is 0 Å². The molecule has 4 nitrogen and oxygen atoms in total. The number of alkyl halides is 3. The molecular weight excluding hydrogens is 882 g/mol. The van der Waals surface area contributed by atoms with Crippen molar-refractivity contribution >= 4 is 21.8 Å². The first-order valence-corrected chi connectivity index (χ1v) is 23.4. The van der Waals surface area contributed by atoms with E-state index in [0.717, 1.165) is 72.0 Å². The summed E-state index contributed by atoms with van der Waals surface area (Å²) in [6.07, 6.45) is -4.52. The summed E-state index contributed by atoms with van der Waals surface area (Å²) in [4.78, 5) is 15.4. The van der Waals surface area contributed by atoms with E-state index in [1.807, 2.05) is 84.9 Å². The van der Waals surface area contributed by atoms with Crippen molar-refractivity contribution in [1.29, 1.82) is 0 Å². The topological polar surface area (TPSA) is 43.6 Å². The smallest absolute Gasteiger partial charge is 0.309 e. The van der Waals surface area contributed by atoms with Crippen LogP contribution in [0.4, 0.5) is 13.2 Å². The van der Waals surface area contributed by atoms with Gasteiger partial charge >= 0.3 is 6.18 Å². The highest BCUT2D eigenvalue weighted by Crippen LogP contribution is 2.39. The zero-order valence-electron chi connectivity index (χ0n) is 38.1. The van der Waals surface area contributed by atoms with Crippen LogP contribution >= 0.6 is 0 Å². The van der Waals surface area contributed by atoms with Crippen LogP contribution in [0.15, 0.2) is 249 Å². The average Bonchev–Trinajstić information content (AvgIpc) is 3.78. The van der Waals surface area contributed by atoms with Crippen LogP contribution in [0.3, 0.4) is 0 Å². The van der Waals surface area contributed by atoms with Gasteiger partial charge in [0, 0.05) is 33.2 Å². The first-order valence-electron chi connectivity index (χ1n) is 23.4. The number of halogens is 3. The molecule has 0 radical (unpaired) electrons. The van der Waals surface area contributed by atoms with Crippen molar-refractivity contribution in [1.82, 2.24) is 19.5 Å². The fourth-order valence-corrected chi connectivity index (χ4v) is 9.54. The molecule has 0 unspecified atom stereocenters. The predicted octanol–water partition coefficient (Wildman–Crippen LogP) is 17.3. The minimum absolute atomic E-state index is 0.429. The number of aromatic nitrogens is 4. The molecule has 0 fully saturated rings. The quantitative estimate of drug-likeness (QED) is 0.145. The Hall–Kier alpha value is -9.20. The Bertz CT molecular complexity index is 3860. The van der Waals surface area contributed by atoms with Crippen LogP contribution in [-0.4, -0.2) is 19.5 Å². The highest BCUT2D eigenvalue weighted by atomic mass is 19.4. The van der Waals surface area contributed by atoms with Gasteiger partial charge in [-0.15, -0.1) is 0 Å². The van der Waals surface area contributed by atoms with E-state index in [4.69, 9.17) is 15.0 Å². The third kappa shape index (κ3) is 8.55. The van der Waals surface area contributed by atoms with Gasteiger partial charge in [-0.05, 0) is 116 Å². The van der Waals surface area contributed by atoms with Crippen molar-refractivity contribution in [2.75, 3.05) is 0 Å². The monoisotopic (exact) mass is 922 g/mol. The van der Waals surface area contributed by atoms with Crippen molar-refractivity contribution in [3.63, 3.8) is 0 Å². The standard InChI is InChI=1S/C64H41F3N4/c65-64(66,67)55-39-53(43-17-5-2-6-18-43)38-54(40-55)44-31-33-45(34-32-44)61-68-62(70-63(69-61)52-25-14-26-56(41-52)71-59-29-9-7-27-57(59)58-28-8-10-30-60(58)71)51-24-13-23-50(37-51)49-22-12-21-48(36-49)47-20-11-19-46(35-47)42-15-3-1-4-16-42/h1-41H. The van der Waals surface area contributed by atoms with E-state index in [0.29, 0.717) is 45.3 Å². The zero-order valence-corrected chi connectivity index (χ0v) is 38.1. The summed E-state index contributed by atoms with van der Waals surface area (Å²) in [6.45, 7) is 0. The molecular formula is C64H41F3N4. The van der Waals surface area contributed by atoms with Crippen LogP contribution in [0.1, 0.15) is 5.56 Å². The van der Waals surface area contributed by atoms with E-state index in [-0.39, 0.29) is 0 Å². The van der Waals surface area contributed by atoms with Crippen LogP contribution in [0.2, 0.25) is 0 Å². The van der Waals surface area contributed by atoms with E-state index in [2.05, 4.69) is 150 Å². The largest absolute Gasteiger partial charge is 0.416 e. The molecule has 0 bridgehead atoms. The molecule has 0 saturated carbocycles. The minimum atomic E-state index is -4.52. The molecule has 0 aliphatic rings. The second-order valence-corrected chi connectivity index (χ2v) is 17.6. The molecule has 71 heavy (non-hydrogen) atoms. The normalized spacial score (nSPS) is 11.6. The summed E-state index contributed by atoms with van der Waals surface area (Å²) >= 11 is 0. The number of nitrogens with zero attached hydrogens (tertiary/aromatic N) is 4. The summed E-state index contributed by atoms with van der Waals surface area (Å²) < 4.78 is 45.2. The molecule has 12 aromatic rings. The van der Waals surface area contributed by atoms with Crippen molar-refractivity contribution in [2.24, 2.45) is 0 Å². The Kier molecular flexibility index (Phi) is 10.9. The molecule has 0 saturated heterocycles. The summed E-state index contributed by atoms with van der Waals surface area (Å²) in [5.74, 6) is 1.39. The first-order chi connectivity index (χ1) is 34.8. The average molecular weight is 923 g/mol. The summed E-state index contributed by atoms with van der Waals surface area (Å²) in [5.41, 5.74) is 13.6. The lowest BCUT2D eigenvalue weighted by atomic mass is 9.95. The predicted molar refractivity (Wildman–Crippen MR) is 283 cm³/mol. The van der Waals surface area contributed by atoms with Crippen LogP contribution in [0.5, 0.6) is 0 Å². The number of benzene rings is 10. The van der Waals surface area contributed by atoms with Crippen molar-refractivity contribution in [2.45, 2.75) is 6.18 Å². The second kappa shape index (κ2) is 18.0. The van der Waals surface area contributed by atoms with Gasteiger partial charge in [0.05, 0.1) is 16.6 Å². The van der Waals surface area contributed by atoms with Crippen LogP contribution in [0.25, 0.3) is 117 Å². The molecule has 12 rings (SSSR count). The lowest BCUT2D eigenvalue weighted by Crippen LogP contribution is -2.05. The van der Waals surface area contributed by atoms with Crippen LogP contribution in [0, 0.1) is 0 Å². The maximum Gasteiger partial charge on any atom is 0.416 e. The van der Waals surface area contributed by atoms with Crippen molar-refractivity contribution < 1.29 is 13.2 Å². The van der Waals surface area contributed by atoms with Gasteiger partial charge in [-0.25, -0.2) is 15.0 Å². The highest BCUT2D eigenvalue weighted by Gasteiger charge is 2.31. The number of para-hydroxylation sites is 2. The van der Waals surface area contributed by atoms with Gasteiger partial charge < -0.3 is 4.57 Å². The lowest BCUT2D eigenvalue weighted by molar-refractivity contribution is -0.137. The van der Waals surface area contributed by atoms with Gasteiger partial charge in [0.15, 0.2) is 17.5 Å². The Balaban J connectivity index is 0.961. The van der Waals surface area contributed by atoms with E-state index < -0.39 is 11.7 Å². The van der Waals surface area contributed by atoms with Gasteiger partial charge in [0.1, 0.15) is 0 Å². The molecule has 0 atom stereocenters. The molecule has 0 amide bonds. The molecule has 0 spiro atoms. The zero-order chi connectivity index (χ0) is 47.9. The fourth-order valence-electron chi connectivity index (χ4n) is 9.54. The molecule has 0 N–H and O–H groups in total. The van der Waals surface area contributed by atoms with Gasteiger partial charge in [-0.3, -0.25) is 0 Å². The van der Waals surface area contributed by atoms with E-state index in [9.17, 15) is 13.2 Å². The van der Waals surface area contributed by atoms with Crippen LogP contribution < -0.4 is 0 Å². The molecule has 338 valence electrons. The fraction of sp³-hybridized carbons (Fsp3) is 0.0156. The third-order valence-electron chi connectivity index (χ3n) is 13.0. The first kappa shape index (κ1) is 43.1. The molecule has 0 aliphatic heterocycles. The van der Waals surface area contributed by atoms with Crippen molar-refractivity contribution in [3.05, 3.63) is 254 Å². The van der Waals surface area contributed by atoms with Gasteiger partial charge in [-0.1, -0.05) is 188 Å². The molecule has 0 aliphatic carbocycles. The van der Waals surface area contributed by atoms with Gasteiger partial charge in [-0.2, -0.15) is 13.2 Å². The summed E-state index contributed by atoms with van der Waals surface area (Å²) in [6, 6.07) is 81.5. The Morgan fingerprint density at radius 1 is 0.268 bits per heavy atom. The van der Waals surface area contributed by atoms with Crippen LogP contribution in [-0.2, 0) is 6.18 Å². The molecule has 10 aromatic carbocycles. The molecule has 2 heterocycles. The van der Waals surface area contributed by atoms with Gasteiger partial charge in [0.2, 0.25) is 0 Å². The maximum absolute atomic E-state index is 14.3. The summed E-state index contributed by atoms with van der Waals surface area (Å²) in [5, 5.41) is 2.32. The number of fused-ring (bicyclic) bond motifs is 3. The SMILES string of the molecule is FC(F)(F)c1cc(-c2ccccc2)cc(-c2ccc(-c3nc(-c4cccc(-c5cccc(-c6cccc(-c7ccccc7)c6)c5)c4)nc(-c4cccc(-n5c6ccccc6c6ccccc65)c4)n3)cc2)c1. The van der Waals surface area contributed by atoms with Crippen molar-refractivity contribution in [3.8, 4) is 95.5 Å². The number of rotatable bonds is 9. The Morgan fingerprint density at radius 2 is 0.606 bits per heavy atom. The van der Waals surface area contributed by atoms with E-state index in [1.165, 1.54) is 12.1 Å². The van der Waals surface area contributed by atoms with E-state index >= 15 is 0 Å². The second-order valence-electron chi connectivity index (χ2n) is 17.6. The molecule has 2 aromatic heterocycles. The third-order valence-corrected chi connectivity index (χ3v) is 13.0. The summed E-state index contributed by atoms with van der Waals surface area (Å²) in [7, 11) is 0. The minimum Gasteiger partial charge on any atom is -0.309 e. The Morgan fingerprint density at radius 3 is 1.11 bits per heavy atom. The molecule has 7 heteroatoms. The maximum atomic E-state index is 14.3.